The van der Waals surface area contributed by atoms with Crippen molar-refractivity contribution < 1.29 is 19.0 Å². The second-order valence-electron chi connectivity index (χ2n) is 8.99. The van der Waals surface area contributed by atoms with Gasteiger partial charge in [0.2, 0.25) is 18.7 Å². The first-order chi connectivity index (χ1) is 18.0. The Labute approximate surface area is 212 Å². The molecule has 186 valence electrons. The average Bonchev–Trinajstić information content (AvgIpc) is 3.52. The van der Waals surface area contributed by atoms with Crippen LogP contribution in [0.4, 0.5) is 11.9 Å². The molecule has 0 radical (unpaired) electrons. The van der Waals surface area contributed by atoms with Gasteiger partial charge >= 0.3 is 5.97 Å². The summed E-state index contributed by atoms with van der Waals surface area (Å²) in [6, 6.07) is 13.4. The molecule has 2 aromatic heterocycles. The first-order valence-corrected chi connectivity index (χ1v) is 11.8. The van der Waals surface area contributed by atoms with Gasteiger partial charge in [0.15, 0.2) is 23.9 Å². The highest BCUT2D eigenvalue weighted by molar-refractivity contribution is 6.07. The summed E-state index contributed by atoms with van der Waals surface area (Å²) in [4.78, 5) is 32.6. The van der Waals surface area contributed by atoms with Crippen LogP contribution in [0.3, 0.4) is 0 Å². The van der Waals surface area contributed by atoms with Crippen molar-refractivity contribution in [1.82, 2.24) is 19.9 Å². The minimum atomic E-state index is -0.454. The van der Waals surface area contributed by atoms with Crippen LogP contribution in [0, 0.1) is 0 Å². The number of hydrogen-bond acceptors (Lipinski definition) is 10. The van der Waals surface area contributed by atoms with E-state index in [1.807, 2.05) is 42.5 Å². The normalized spacial score (nSPS) is 14.7. The Balaban J connectivity index is 1.35. The maximum Gasteiger partial charge on any atom is 0.339 e. The summed E-state index contributed by atoms with van der Waals surface area (Å²) in [5.41, 5.74) is 10.8. The molecule has 2 aliphatic rings. The Hall–Kier alpha value is -4.73. The van der Waals surface area contributed by atoms with Gasteiger partial charge in [-0.25, -0.2) is 9.78 Å². The van der Waals surface area contributed by atoms with Gasteiger partial charge in [-0.15, -0.1) is 0 Å². The quantitative estimate of drug-likeness (QED) is 0.409. The molecule has 0 atom stereocenters. The van der Waals surface area contributed by atoms with E-state index >= 15 is 0 Å². The van der Waals surface area contributed by atoms with E-state index in [2.05, 4.69) is 21.0 Å². The summed E-state index contributed by atoms with van der Waals surface area (Å²) in [6.07, 6.45) is 3.52. The number of nitrogens with two attached hydrogens (primary N) is 1. The van der Waals surface area contributed by atoms with Crippen LogP contribution in [0.5, 0.6) is 11.5 Å². The monoisotopic (exact) mass is 496 g/mol. The predicted octanol–water partition coefficient (Wildman–Crippen LogP) is 3.64. The van der Waals surface area contributed by atoms with Crippen molar-refractivity contribution >= 4 is 40.4 Å². The van der Waals surface area contributed by atoms with Crippen LogP contribution in [0.15, 0.2) is 42.5 Å². The number of fused-ring (bicyclic) bond motifs is 3. The molecule has 1 aliphatic carbocycles. The highest BCUT2D eigenvalue weighted by atomic mass is 16.7. The van der Waals surface area contributed by atoms with Gasteiger partial charge < -0.3 is 24.8 Å². The molecule has 0 saturated carbocycles. The summed E-state index contributed by atoms with van der Waals surface area (Å²) in [5, 5.41) is 0.750. The summed E-state index contributed by atoms with van der Waals surface area (Å²) in [7, 11) is 3.59. The standard InChI is InChI=1S/C27H24N6O4/c1-33(2)27-31-22(30-26(28)32-27)13-35-25(34)23-17-5-3-4-6-19(17)29-24-16(8-9-18(23)24)11-15-7-10-20-21(12-15)37-14-36-20/h3-7,10-12H,8-9,13-14H2,1-2H3,(H2,28,30,31,32)/b16-11+. The lowest BCUT2D eigenvalue weighted by molar-refractivity contribution is 0.0463. The van der Waals surface area contributed by atoms with Crippen LogP contribution in [0.2, 0.25) is 0 Å². The molecular formula is C27H24N6O4. The number of carbonyl (C=O) groups excluding carboxylic acids is 1. The molecule has 2 aromatic carbocycles. The van der Waals surface area contributed by atoms with Crippen LogP contribution in [-0.4, -0.2) is 46.8 Å². The van der Waals surface area contributed by atoms with Crippen molar-refractivity contribution in [3.63, 3.8) is 0 Å². The van der Waals surface area contributed by atoms with Gasteiger partial charge in [-0.1, -0.05) is 24.3 Å². The number of allylic oxidation sites excluding steroid dienone is 1. The molecule has 1 aliphatic heterocycles. The van der Waals surface area contributed by atoms with Gasteiger partial charge in [0.05, 0.1) is 16.8 Å². The maximum absolute atomic E-state index is 13.5. The van der Waals surface area contributed by atoms with Gasteiger partial charge in [0.25, 0.3) is 0 Å². The molecule has 0 unspecified atom stereocenters. The number of rotatable bonds is 5. The van der Waals surface area contributed by atoms with E-state index in [1.54, 1.807) is 19.0 Å². The summed E-state index contributed by atoms with van der Waals surface area (Å²) in [6.45, 7) is 0.0997. The van der Waals surface area contributed by atoms with Crippen LogP contribution in [0.25, 0.3) is 22.6 Å². The topological polar surface area (TPSA) is 126 Å². The molecule has 10 heteroatoms. The van der Waals surface area contributed by atoms with Gasteiger partial charge in [-0.3, -0.25) is 0 Å². The van der Waals surface area contributed by atoms with Crippen LogP contribution in [0.1, 0.15) is 39.4 Å². The Morgan fingerprint density at radius 3 is 2.76 bits per heavy atom. The zero-order valence-electron chi connectivity index (χ0n) is 20.4. The first kappa shape index (κ1) is 22.7. The molecule has 0 amide bonds. The van der Waals surface area contributed by atoms with Crippen molar-refractivity contribution in [3.8, 4) is 11.5 Å². The maximum atomic E-state index is 13.5. The van der Waals surface area contributed by atoms with Gasteiger partial charge in [-0.2, -0.15) is 15.0 Å². The summed E-state index contributed by atoms with van der Waals surface area (Å²) >= 11 is 0. The minimum absolute atomic E-state index is 0.0679. The van der Waals surface area contributed by atoms with E-state index in [4.69, 9.17) is 24.9 Å². The van der Waals surface area contributed by atoms with E-state index in [0.717, 1.165) is 51.2 Å². The molecule has 4 aromatic rings. The SMILES string of the molecule is CN(C)c1nc(N)nc(COC(=O)c2c3c(nc4ccccc24)/C(=C/c2ccc4c(c2)OCO4)CC3)n1. The molecule has 2 N–H and O–H groups in total. The molecular weight excluding hydrogens is 472 g/mol. The lowest BCUT2D eigenvalue weighted by Crippen LogP contribution is -2.17. The number of anilines is 2. The number of hydrogen-bond donors (Lipinski definition) is 1. The number of aromatic nitrogens is 4. The molecule has 0 spiro atoms. The lowest BCUT2D eigenvalue weighted by atomic mass is 10.0. The number of esters is 1. The Morgan fingerprint density at radius 1 is 1.05 bits per heavy atom. The minimum Gasteiger partial charge on any atom is -0.454 e. The molecule has 6 rings (SSSR count). The van der Waals surface area contributed by atoms with Gasteiger partial charge in [0.1, 0.15) is 0 Å². The number of nitrogen functional groups attached to an aromatic ring is 1. The van der Waals surface area contributed by atoms with Gasteiger partial charge in [0, 0.05) is 19.5 Å². The number of carbonyl (C=O) groups is 1. The van der Waals surface area contributed by atoms with Crippen molar-refractivity contribution in [1.29, 1.82) is 0 Å². The second kappa shape index (κ2) is 9.05. The highest BCUT2D eigenvalue weighted by Crippen LogP contribution is 2.39. The Morgan fingerprint density at radius 2 is 1.89 bits per heavy atom. The van der Waals surface area contributed by atoms with Gasteiger partial charge in [-0.05, 0) is 53.8 Å². The number of pyridine rings is 1. The molecule has 10 nitrogen and oxygen atoms in total. The third-order valence-electron chi connectivity index (χ3n) is 6.30. The zero-order chi connectivity index (χ0) is 25.5. The zero-order valence-corrected chi connectivity index (χ0v) is 20.4. The fourth-order valence-electron chi connectivity index (χ4n) is 4.61. The predicted molar refractivity (Wildman–Crippen MR) is 138 cm³/mol. The lowest BCUT2D eigenvalue weighted by Gasteiger charge is -2.13. The van der Waals surface area contributed by atoms with Crippen LogP contribution < -0.4 is 20.1 Å². The third kappa shape index (κ3) is 4.26. The number of para-hydroxylation sites is 1. The second-order valence-corrected chi connectivity index (χ2v) is 8.99. The fraction of sp³-hybridized carbons (Fsp3) is 0.222. The number of nitrogens with zero attached hydrogens (tertiary/aromatic N) is 5. The Bertz CT molecular complexity index is 1580. The summed E-state index contributed by atoms with van der Waals surface area (Å²) < 4.78 is 16.6. The van der Waals surface area contributed by atoms with E-state index < -0.39 is 5.97 Å². The van der Waals surface area contributed by atoms with E-state index in [1.165, 1.54) is 0 Å². The van der Waals surface area contributed by atoms with E-state index in [9.17, 15) is 4.79 Å². The molecule has 0 bridgehead atoms. The first-order valence-electron chi connectivity index (χ1n) is 11.8. The largest absolute Gasteiger partial charge is 0.454 e. The van der Waals surface area contributed by atoms with Crippen LogP contribution in [-0.2, 0) is 17.8 Å². The average molecular weight is 497 g/mol. The van der Waals surface area contributed by atoms with Crippen molar-refractivity contribution in [2.75, 3.05) is 31.5 Å². The highest BCUT2D eigenvalue weighted by Gasteiger charge is 2.28. The van der Waals surface area contributed by atoms with Crippen molar-refractivity contribution in [2.45, 2.75) is 19.4 Å². The third-order valence-corrected chi connectivity index (χ3v) is 6.30. The molecule has 0 fully saturated rings. The van der Waals surface area contributed by atoms with E-state index in [-0.39, 0.29) is 25.2 Å². The molecule has 3 heterocycles. The van der Waals surface area contributed by atoms with Crippen molar-refractivity contribution in [3.05, 3.63) is 70.7 Å². The number of benzene rings is 2. The number of ether oxygens (including phenoxy) is 3. The fourth-order valence-corrected chi connectivity index (χ4v) is 4.61. The van der Waals surface area contributed by atoms with E-state index in [0.29, 0.717) is 17.9 Å². The Kier molecular flexibility index (Phi) is 5.56. The van der Waals surface area contributed by atoms with Crippen molar-refractivity contribution in [2.24, 2.45) is 0 Å². The summed E-state index contributed by atoms with van der Waals surface area (Å²) in [5.74, 6) is 1.75. The molecule has 37 heavy (non-hydrogen) atoms. The van der Waals surface area contributed by atoms with Crippen LogP contribution >= 0.6 is 0 Å². The molecule has 0 saturated heterocycles. The smallest absolute Gasteiger partial charge is 0.339 e.